The summed E-state index contributed by atoms with van der Waals surface area (Å²) in [5.41, 5.74) is 9.50. The molecule has 51 heavy (non-hydrogen) atoms. The van der Waals surface area contributed by atoms with Gasteiger partial charge in [0, 0.05) is 22.7 Å². The molecule has 0 radical (unpaired) electrons. The fourth-order valence-corrected chi connectivity index (χ4v) is 6.51. The number of hydrogen-bond donors (Lipinski definition) is 4. The number of para-hydroxylation sites is 2. The number of nitrogens with two attached hydrogens (primary N) is 1. The molecule has 0 unspecified atom stereocenters. The van der Waals surface area contributed by atoms with E-state index < -0.39 is 11.6 Å². The van der Waals surface area contributed by atoms with Crippen LogP contribution >= 0.6 is 57.5 Å². The van der Waals surface area contributed by atoms with Gasteiger partial charge in [-0.25, -0.2) is 28.7 Å². The van der Waals surface area contributed by atoms with Gasteiger partial charge in [0.05, 0.1) is 10.0 Å². The molecule has 4 aromatic carbocycles. The summed E-state index contributed by atoms with van der Waals surface area (Å²) in [6.45, 7) is 0. The molecule has 0 saturated heterocycles. The van der Waals surface area contributed by atoms with Crippen LogP contribution in [-0.4, -0.2) is 29.9 Å². The SMILES string of the molecule is Clc1ncnc2nc(Nc3ccccc3)sc12.Fc1ccc(Nc2ncnc3nc(Nc4ccccc4)sc23)cc1Cl.Nc1ccc(F)c(Cl)c1. The second-order valence-corrected chi connectivity index (χ2v) is 13.3. The van der Waals surface area contributed by atoms with E-state index in [0.717, 1.165) is 25.9 Å². The van der Waals surface area contributed by atoms with Crippen LogP contribution in [0.25, 0.3) is 20.7 Å². The van der Waals surface area contributed by atoms with Gasteiger partial charge in [0.2, 0.25) is 0 Å². The molecule has 256 valence electrons. The predicted molar refractivity (Wildman–Crippen MR) is 205 cm³/mol. The molecule has 0 bridgehead atoms. The summed E-state index contributed by atoms with van der Waals surface area (Å²) in [5, 5.41) is 11.6. The zero-order valence-electron chi connectivity index (χ0n) is 25.9. The van der Waals surface area contributed by atoms with E-state index in [1.54, 1.807) is 6.07 Å². The third-order valence-electron chi connectivity index (χ3n) is 6.52. The monoisotopic (exact) mass is 778 g/mol. The van der Waals surface area contributed by atoms with Crippen LogP contribution < -0.4 is 21.7 Å². The van der Waals surface area contributed by atoms with Crippen molar-refractivity contribution < 1.29 is 8.78 Å². The Morgan fingerprint density at radius 2 is 1.08 bits per heavy atom. The van der Waals surface area contributed by atoms with Crippen LogP contribution in [-0.2, 0) is 0 Å². The maximum absolute atomic E-state index is 13.3. The Morgan fingerprint density at radius 3 is 1.63 bits per heavy atom. The van der Waals surface area contributed by atoms with Gasteiger partial charge >= 0.3 is 0 Å². The lowest BCUT2D eigenvalue weighted by molar-refractivity contribution is 0.628. The van der Waals surface area contributed by atoms with Crippen molar-refractivity contribution in [1.29, 1.82) is 0 Å². The fraction of sp³-hybridized carbons (Fsp3) is 0. The highest BCUT2D eigenvalue weighted by atomic mass is 35.5. The van der Waals surface area contributed by atoms with E-state index in [1.165, 1.54) is 65.7 Å². The Bertz CT molecular complexity index is 2400. The fourth-order valence-electron chi connectivity index (χ4n) is 4.19. The minimum atomic E-state index is -0.466. The van der Waals surface area contributed by atoms with Crippen molar-refractivity contribution in [2.75, 3.05) is 21.7 Å². The summed E-state index contributed by atoms with van der Waals surface area (Å²) in [6, 6.07) is 28.1. The number of hydrogen-bond acceptors (Lipinski definition) is 12. The second kappa shape index (κ2) is 16.6. The van der Waals surface area contributed by atoms with Gasteiger partial charge < -0.3 is 21.7 Å². The Morgan fingerprint density at radius 1 is 0.549 bits per heavy atom. The molecule has 0 aliphatic carbocycles. The van der Waals surface area contributed by atoms with Gasteiger partial charge in [-0.05, 0) is 60.7 Å². The zero-order chi connectivity index (χ0) is 35.7. The zero-order valence-corrected chi connectivity index (χ0v) is 29.8. The number of benzene rings is 4. The first-order chi connectivity index (χ1) is 24.7. The molecule has 0 saturated carbocycles. The number of fused-ring (bicyclic) bond motifs is 2. The third kappa shape index (κ3) is 9.51. The quantitative estimate of drug-likeness (QED) is 0.0952. The molecule has 8 aromatic rings. The van der Waals surface area contributed by atoms with Gasteiger partial charge in [-0.1, -0.05) is 93.9 Å². The lowest BCUT2D eigenvalue weighted by Crippen LogP contribution is -1.95. The van der Waals surface area contributed by atoms with Crippen LogP contribution in [0.5, 0.6) is 0 Å². The van der Waals surface area contributed by atoms with E-state index in [2.05, 4.69) is 45.9 Å². The molecular weight excluding hydrogens is 757 g/mol. The van der Waals surface area contributed by atoms with E-state index in [-0.39, 0.29) is 10.0 Å². The Balaban J connectivity index is 0.000000148. The van der Waals surface area contributed by atoms with Crippen LogP contribution in [0.4, 0.5) is 47.6 Å². The molecule has 5 N–H and O–H groups in total. The Hall–Kier alpha value is -5.25. The van der Waals surface area contributed by atoms with Gasteiger partial charge in [0.15, 0.2) is 32.5 Å². The summed E-state index contributed by atoms with van der Waals surface area (Å²) in [7, 11) is 0. The van der Waals surface area contributed by atoms with Crippen LogP contribution in [0, 0.1) is 11.6 Å². The summed E-state index contributed by atoms with van der Waals surface area (Å²) in [4.78, 5) is 25.3. The van der Waals surface area contributed by atoms with E-state index in [9.17, 15) is 8.78 Å². The number of nitrogens with zero attached hydrogens (tertiary/aromatic N) is 6. The van der Waals surface area contributed by atoms with Crippen molar-refractivity contribution in [3.8, 4) is 0 Å². The number of halogens is 5. The molecule has 17 heteroatoms. The minimum Gasteiger partial charge on any atom is -0.399 e. The Kier molecular flexibility index (Phi) is 11.6. The maximum Gasteiger partial charge on any atom is 0.189 e. The molecule has 0 atom stereocenters. The smallest absolute Gasteiger partial charge is 0.189 e. The third-order valence-corrected chi connectivity index (χ3v) is 9.43. The topological polar surface area (TPSA) is 139 Å². The summed E-state index contributed by atoms with van der Waals surface area (Å²) < 4.78 is 27.2. The average molecular weight is 780 g/mol. The highest BCUT2D eigenvalue weighted by Gasteiger charge is 2.12. The molecule has 0 amide bonds. The highest BCUT2D eigenvalue weighted by molar-refractivity contribution is 7.23. The summed E-state index contributed by atoms with van der Waals surface area (Å²) in [5.74, 6) is -0.315. The molecule has 0 fully saturated rings. The minimum absolute atomic E-state index is 0.0473. The largest absolute Gasteiger partial charge is 0.399 e. The molecule has 4 heterocycles. The Labute approximate surface area is 312 Å². The normalized spacial score (nSPS) is 10.5. The number of nitrogen functional groups attached to an aromatic ring is 1. The van der Waals surface area contributed by atoms with Gasteiger partial charge in [-0.3, -0.25) is 0 Å². The van der Waals surface area contributed by atoms with Gasteiger partial charge in [0.25, 0.3) is 0 Å². The van der Waals surface area contributed by atoms with Crippen molar-refractivity contribution in [1.82, 2.24) is 29.9 Å². The van der Waals surface area contributed by atoms with Crippen molar-refractivity contribution in [3.05, 3.63) is 137 Å². The standard InChI is InChI=1S/C17H11ClFN5S.C11H7ClN4S.C6H5ClFN/c18-12-8-11(6-7-13(12)19)22-15-14-16(21-9-20-15)24-17(25-14)23-10-4-2-1-3-5-10;12-9-8-10(14-6-13-9)16-11(17-8)15-7-4-2-1-3-5-7;7-5-3-4(9)1-2-6(5)8/h1-9H,(H2,20,21,22,23,24);1-6H,(H,13,14,15,16);1-3H,9H2. The number of aromatic nitrogens is 6. The van der Waals surface area contributed by atoms with Crippen molar-refractivity contribution in [3.63, 3.8) is 0 Å². The lowest BCUT2D eigenvalue weighted by atomic mass is 10.3. The van der Waals surface area contributed by atoms with Gasteiger partial charge in [0.1, 0.15) is 33.7 Å². The number of rotatable bonds is 6. The first-order valence-electron chi connectivity index (χ1n) is 14.7. The van der Waals surface area contributed by atoms with Crippen LogP contribution in [0.1, 0.15) is 0 Å². The van der Waals surface area contributed by atoms with E-state index in [4.69, 9.17) is 40.5 Å². The molecule has 0 aliphatic heterocycles. The first kappa shape index (κ1) is 35.6. The van der Waals surface area contributed by atoms with E-state index in [0.29, 0.717) is 38.8 Å². The molecule has 0 aliphatic rings. The molecule has 4 aromatic heterocycles. The van der Waals surface area contributed by atoms with E-state index in [1.807, 2.05) is 60.7 Å². The average Bonchev–Trinajstić information content (AvgIpc) is 3.74. The predicted octanol–water partition coefficient (Wildman–Crippen LogP) is 10.9. The number of nitrogens with one attached hydrogen (secondary N) is 3. The van der Waals surface area contributed by atoms with Crippen molar-refractivity contribution in [2.24, 2.45) is 0 Å². The van der Waals surface area contributed by atoms with Crippen LogP contribution in [0.3, 0.4) is 0 Å². The van der Waals surface area contributed by atoms with Crippen LogP contribution in [0.2, 0.25) is 15.2 Å². The molecule has 10 nitrogen and oxygen atoms in total. The number of anilines is 7. The molecular formula is C34H23Cl3F2N10S2. The molecule has 8 rings (SSSR count). The highest BCUT2D eigenvalue weighted by Crippen LogP contribution is 2.33. The van der Waals surface area contributed by atoms with Crippen LogP contribution in [0.15, 0.2) is 110 Å². The number of thiazole rings is 2. The second-order valence-electron chi connectivity index (χ2n) is 10.1. The van der Waals surface area contributed by atoms with Gasteiger partial charge in [-0.15, -0.1) is 0 Å². The molecule has 0 spiro atoms. The summed E-state index contributed by atoms with van der Waals surface area (Å²) >= 11 is 20.0. The van der Waals surface area contributed by atoms with Crippen molar-refractivity contribution >= 4 is 117 Å². The summed E-state index contributed by atoms with van der Waals surface area (Å²) in [6.07, 6.45) is 2.85. The maximum atomic E-state index is 13.3. The first-order valence-corrected chi connectivity index (χ1v) is 17.4. The van der Waals surface area contributed by atoms with E-state index >= 15 is 0 Å². The van der Waals surface area contributed by atoms with Crippen molar-refractivity contribution in [2.45, 2.75) is 0 Å². The van der Waals surface area contributed by atoms with Gasteiger partial charge in [-0.2, -0.15) is 9.97 Å². The lowest BCUT2D eigenvalue weighted by Gasteiger charge is -2.06.